The highest BCUT2D eigenvalue weighted by Gasteiger charge is 2.17. The number of carbonyl (C=O) groups is 1. The van der Waals surface area contributed by atoms with Crippen molar-refractivity contribution in [1.29, 1.82) is 0 Å². The monoisotopic (exact) mass is 333 g/mol. The molecule has 1 aromatic rings. The molecule has 0 bridgehead atoms. The number of aryl methyl sites for hydroxylation is 2. The Morgan fingerprint density at radius 3 is 3.04 bits per heavy atom. The van der Waals surface area contributed by atoms with E-state index in [9.17, 15) is 4.79 Å². The topological polar surface area (TPSA) is 73.3 Å². The maximum Gasteiger partial charge on any atom is 0.246 e. The number of aromatic nitrogens is 2. The van der Waals surface area contributed by atoms with Crippen molar-refractivity contribution in [3.63, 3.8) is 0 Å². The van der Waals surface area contributed by atoms with E-state index in [4.69, 9.17) is 9.47 Å². The lowest BCUT2D eigenvalue weighted by Crippen LogP contribution is -2.32. The lowest BCUT2D eigenvalue weighted by Gasteiger charge is -2.22. The van der Waals surface area contributed by atoms with E-state index in [1.54, 1.807) is 0 Å². The largest absolute Gasteiger partial charge is 0.376 e. The number of ether oxygens (including phenoxy) is 2. The third kappa shape index (κ3) is 4.74. The quantitative estimate of drug-likeness (QED) is 0.819. The van der Waals surface area contributed by atoms with Gasteiger partial charge in [-0.15, -0.1) is 0 Å². The zero-order chi connectivity index (χ0) is 16.8. The SMILES string of the molecule is Cc1nc(CCNC(=O)COC[C@H]2CCCCO2)nc2c1CCC2. The van der Waals surface area contributed by atoms with Crippen molar-refractivity contribution in [3.05, 3.63) is 22.8 Å². The van der Waals surface area contributed by atoms with Crippen LogP contribution in [-0.2, 0) is 33.5 Å². The molecule has 6 heteroatoms. The Balaban J connectivity index is 1.34. The molecule has 132 valence electrons. The first kappa shape index (κ1) is 17.3. The van der Waals surface area contributed by atoms with Gasteiger partial charge in [-0.2, -0.15) is 0 Å². The Hall–Kier alpha value is -1.53. The molecule has 1 amide bonds. The molecule has 1 saturated heterocycles. The Morgan fingerprint density at radius 1 is 1.29 bits per heavy atom. The van der Waals surface area contributed by atoms with E-state index in [2.05, 4.69) is 22.2 Å². The fourth-order valence-corrected chi connectivity index (χ4v) is 3.38. The molecule has 0 spiro atoms. The molecule has 24 heavy (non-hydrogen) atoms. The van der Waals surface area contributed by atoms with Crippen LogP contribution in [0.3, 0.4) is 0 Å². The van der Waals surface area contributed by atoms with E-state index in [0.717, 1.165) is 43.8 Å². The molecule has 0 aromatic carbocycles. The minimum atomic E-state index is -0.0938. The van der Waals surface area contributed by atoms with Crippen molar-refractivity contribution in [2.75, 3.05) is 26.4 Å². The Morgan fingerprint density at radius 2 is 2.21 bits per heavy atom. The zero-order valence-electron chi connectivity index (χ0n) is 14.5. The lowest BCUT2D eigenvalue weighted by molar-refractivity contribution is -0.127. The molecule has 0 saturated carbocycles. The Bertz CT molecular complexity index is 571. The predicted octanol–water partition coefficient (Wildman–Crippen LogP) is 1.52. The molecular formula is C18H27N3O3. The number of nitrogens with one attached hydrogen (secondary N) is 1. The van der Waals surface area contributed by atoms with E-state index < -0.39 is 0 Å². The summed E-state index contributed by atoms with van der Waals surface area (Å²) in [7, 11) is 0. The summed E-state index contributed by atoms with van der Waals surface area (Å²) < 4.78 is 11.0. The highest BCUT2D eigenvalue weighted by Crippen LogP contribution is 2.22. The Kier molecular flexibility index (Phi) is 6.15. The summed E-state index contributed by atoms with van der Waals surface area (Å²) in [5.74, 6) is 0.730. The smallest absolute Gasteiger partial charge is 0.246 e. The molecule has 0 unspecified atom stereocenters. The number of hydrogen-bond acceptors (Lipinski definition) is 5. The van der Waals surface area contributed by atoms with Crippen molar-refractivity contribution < 1.29 is 14.3 Å². The predicted molar refractivity (Wildman–Crippen MR) is 89.9 cm³/mol. The van der Waals surface area contributed by atoms with Crippen LogP contribution >= 0.6 is 0 Å². The second kappa shape index (κ2) is 8.53. The average Bonchev–Trinajstić information content (AvgIpc) is 3.05. The second-order valence-corrected chi connectivity index (χ2v) is 6.61. The minimum absolute atomic E-state index is 0.0872. The molecule has 1 aliphatic heterocycles. The van der Waals surface area contributed by atoms with Gasteiger partial charge in [-0.1, -0.05) is 0 Å². The summed E-state index contributed by atoms with van der Waals surface area (Å²) in [4.78, 5) is 21.0. The summed E-state index contributed by atoms with van der Waals surface area (Å²) >= 11 is 0. The first-order valence-electron chi connectivity index (χ1n) is 9.03. The number of nitrogens with zero attached hydrogens (tertiary/aromatic N) is 2. The van der Waals surface area contributed by atoms with Gasteiger partial charge in [0.2, 0.25) is 5.91 Å². The third-order valence-electron chi connectivity index (χ3n) is 4.67. The fraction of sp³-hybridized carbons (Fsp3) is 0.722. The van der Waals surface area contributed by atoms with E-state index in [1.807, 2.05) is 0 Å². The zero-order valence-corrected chi connectivity index (χ0v) is 14.5. The molecule has 0 radical (unpaired) electrons. The Labute approximate surface area is 143 Å². The van der Waals surface area contributed by atoms with Gasteiger partial charge in [-0.05, 0) is 51.0 Å². The van der Waals surface area contributed by atoms with Crippen LogP contribution in [-0.4, -0.2) is 48.3 Å². The summed E-state index contributed by atoms with van der Waals surface area (Å²) in [6.45, 7) is 3.99. The highest BCUT2D eigenvalue weighted by molar-refractivity contribution is 5.77. The molecule has 3 rings (SSSR count). The number of amides is 1. The molecular weight excluding hydrogens is 306 g/mol. The van der Waals surface area contributed by atoms with Crippen LogP contribution in [0.5, 0.6) is 0 Å². The summed E-state index contributed by atoms with van der Waals surface area (Å²) in [5.41, 5.74) is 3.61. The molecule has 2 heterocycles. The normalized spacial score (nSPS) is 20.0. The van der Waals surface area contributed by atoms with E-state index in [-0.39, 0.29) is 18.6 Å². The first-order chi connectivity index (χ1) is 11.7. The molecule has 1 aromatic heterocycles. The van der Waals surface area contributed by atoms with Crippen molar-refractivity contribution in [1.82, 2.24) is 15.3 Å². The maximum atomic E-state index is 11.8. The van der Waals surface area contributed by atoms with Crippen molar-refractivity contribution in [2.24, 2.45) is 0 Å². The van der Waals surface area contributed by atoms with Crippen LogP contribution in [0, 0.1) is 6.92 Å². The van der Waals surface area contributed by atoms with Gasteiger partial charge in [0.25, 0.3) is 0 Å². The molecule has 1 fully saturated rings. The number of hydrogen-bond donors (Lipinski definition) is 1. The van der Waals surface area contributed by atoms with Gasteiger partial charge in [-0.25, -0.2) is 9.97 Å². The first-order valence-corrected chi connectivity index (χ1v) is 9.03. The summed E-state index contributed by atoms with van der Waals surface area (Å²) in [6, 6.07) is 0. The average molecular weight is 333 g/mol. The number of rotatable bonds is 7. The van der Waals surface area contributed by atoms with Crippen LogP contribution in [0.1, 0.15) is 48.5 Å². The summed E-state index contributed by atoms with van der Waals surface area (Å²) in [6.07, 6.45) is 7.46. The fourth-order valence-electron chi connectivity index (χ4n) is 3.38. The van der Waals surface area contributed by atoms with Crippen LogP contribution < -0.4 is 5.32 Å². The van der Waals surface area contributed by atoms with Gasteiger partial charge in [0.15, 0.2) is 0 Å². The maximum absolute atomic E-state index is 11.8. The van der Waals surface area contributed by atoms with Crippen LogP contribution in [0.25, 0.3) is 0 Å². The highest BCUT2D eigenvalue weighted by atomic mass is 16.5. The van der Waals surface area contributed by atoms with Gasteiger partial charge < -0.3 is 14.8 Å². The van der Waals surface area contributed by atoms with Gasteiger partial charge >= 0.3 is 0 Å². The lowest BCUT2D eigenvalue weighted by atomic mass is 10.1. The molecule has 1 N–H and O–H groups in total. The van der Waals surface area contributed by atoms with Gasteiger partial charge in [0.05, 0.1) is 12.7 Å². The van der Waals surface area contributed by atoms with E-state index in [1.165, 1.54) is 24.1 Å². The van der Waals surface area contributed by atoms with Crippen molar-refractivity contribution in [3.8, 4) is 0 Å². The number of carbonyl (C=O) groups excluding carboxylic acids is 1. The number of fused-ring (bicyclic) bond motifs is 1. The van der Waals surface area contributed by atoms with Crippen LogP contribution in [0.15, 0.2) is 0 Å². The standard InChI is InChI=1S/C18H27N3O3/c1-13-15-6-4-7-16(15)21-17(20-13)8-9-19-18(22)12-23-11-14-5-2-3-10-24-14/h14H,2-12H2,1H3,(H,19,22)/t14-/m1/s1. The van der Waals surface area contributed by atoms with Crippen molar-refractivity contribution in [2.45, 2.75) is 58.0 Å². The molecule has 1 atom stereocenters. The van der Waals surface area contributed by atoms with Gasteiger partial charge in [-0.3, -0.25) is 4.79 Å². The van der Waals surface area contributed by atoms with E-state index in [0.29, 0.717) is 19.6 Å². The molecule has 6 nitrogen and oxygen atoms in total. The summed E-state index contributed by atoms with van der Waals surface area (Å²) in [5, 5.41) is 2.87. The van der Waals surface area contributed by atoms with E-state index >= 15 is 0 Å². The van der Waals surface area contributed by atoms with Crippen molar-refractivity contribution >= 4 is 5.91 Å². The third-order valence-corrected chi connectivity index (χ3v) is 4.67. The second-order valence-electron chi connectivity index (χ2n) is 6.61. The van der Waals surface area contributed by atoms with Gasteiger partial charge in [0, 0.05) is 31.0 Å². The van der Waals surface area contributed by atoms with Gasteiger partial charge in [0.1, 0.15) is 12.4 Å². The van der Waals surface area contributed by atoms with Crippen LogP contribution in [0.2, 0.25) is 0 Å². The minimum Gasteiger partial charge on any atom is -0.376 e. The van der Waals surface area contributed by atoms with Crippen LogP contribution in [0.4, 0.5) is 0 Å². The molecule has 2 aliphatic rings. The molecule has 1 aliphatic carbocycles.